The van der Waals surface area contributed by atoms with Gasteiger partial charge in [0.05, 0.1) is 12.8 Å². The van der Waals surface area contributed by atoms with E-state index in [1.807, 2.05) is 20.8 Å². The summed E-state index contributed by atoms with van der Waals surface area (Å²) in [5.41, 5.74) is 5.36. The molecule has 0 aliphatic heterocycles. The lowest BCUT2D eigenvalue weighted by molar-refractivity contribution is 0.174. The maximum absolute atomic E-state index is 8.82. The van der Waals surface area contributed by atoms with E-state index in [4.69, 9.17) is 10.8 Å². The SMILES string of the molecule is CCC(N)NC(C)(C)CO.Cl. The van der Waals surface area contributed by atoms with Gasteiger partial charge in [0.2, 0.25) is 0 Å². The normalized spacial score (nSPS) is 13.9. The smallest absolute Gasteiger partial charge is 0.0608 e. The number of hydrogen-bond acceptors (Lipinski definition) is 3. The van der Waals surface area contributed by atoms with Crippen molar-refractivity contribution in [2.45, 2.75) is 38.9 Å². The van der Waals surface area contributed by atoms with Gasteiger partial charge in [0.1, 0.15) is 0 Å². The Morgan fingerprint density at radius 3 is 2.27 bits per heavy atom. The Bertz CT molecular complexity index is 98.4. The Morgan fingerprint density at radius 1 is 1.55 bits per heavy atom. The second-order valence-corrected chi connectivity index (χ2v) is 3.20. The van der Waals surface area contributed by atoms with Gasteiger partial charge in [0, 0.05) is 5.54 Å². The number of aliphatic hydroxyl groups is 1. The van der Waals surface area contributed by atoms with E-state index >= 15 is 0 Å². The van der Waals surface area contributed by atoms with E-state index in [9.17, 15) is 0 Å². The van der Waals surface area contributed by atoms with Crippen LogP contribution in [0.25, 0.3) is 0 Å². The second-order valence-electron chi connectivity index (χ2n) is 3.20. The quantitative estimate of drug-likeness (QED) is 0.554. The zero-order valence-electron chi connectivity index (χ0n) is 7.42. The molecule has 0 bridgehead atoms. The average Bonchev–Trinajstić information content (AvgIpc) is 1.87. The molecule has 0 spiro atoms. The molecule has 0 rings (SSSR count). The Morgan fingerprint density at radius 2 is 2.00 bits per heavy atom. The summed E-state index contributed by atoms with van der Waals surface area (Å²) in [6.45, 7) is 5.96. The van der Waals surface area contributed by atoms with Crippen LogP contribution in [-0.4, -0.2) is 23.4 Å². The highest BCUT2D eigenvalue weighted by Crippen LogP contribution is 2.00. The maximum atomic E-state index is 8.82. The first-order chi connectivity index (χ1) is 4.52. The first-order valence-corrected chi connectivity index (χ1v) is 3.66. The Hall–Kier alpha value is 0.170. The third-order valence-electron chi connectivity index (χ3n) is 1.41. The molecule has 0 aromatic carbocycles. The van der Waals surface area contributed by atoms with Crippen molar-refractivity contribution in [2.24, 2.45) is 5.73 Å². The van der Waals surface area contributed by atoms with Gasteiger partial charge in [-0.1, -0.05) is 6.92 Å². The molecule has 1 unspecified atom stereocenters. The van der Waals surface area contributed by atoms with E-state index in [0.29, 0.717) is 0 Å². The Labute approximate surface area is 74.8 Å². The van der Waals surface area contributed by atoms with Crippen LogP contribution in [0.15, 0.2) is 0 Å². The molecule has 0 amide bonds. The standard InChI is InChI=1S/C7H18N2O.ClH/c1-4-6(8)9-7(2,3)5-10;/h6,9-10H,4-5,8H2,1-3H3;1H. The van der Waals surface area contributed by atoms with Gasteiger partial charge < -0.3 is 10.8 Å². The molecule has 0 fully saturated rings. The molecule has 0 aromatic rings. The Balaban J connectivity index is 0. The summed E-state index contributed by atoms with van der Waals surface area (Å²) >= 11 is 0. The van der Waals surface area contributed by atoms with Crippen molar-refractivity contribution >= 4 is 12.4 Å². The predicted molar refractivity (Wildman–Crippen MR) is 49.8 cm³/mol. The van der Waals surface area contributed by atoms with Crippen LogP contribution < -0.4 is 11.1 Å². The van der Waals surface area contributed by atoms with Gasteiger partial charge in [0.25, 0.3) is 0 Å². The number of aliphatic hydroxyl groups excluding tert-OH is 1. The number of rotatable bonds is 4. The lowest BCUT2D eigenvalue weighted by Gasteiger charge is -2.27. The number of nitrogens with two attached hydrogens (primary N) is 1. The second kappa shape index (κ2) is 5.77. The monoisotopic (exact) mass is 182 g/mol. The Kier molecular flexibility index (Phi) is 7.21. The van der Waals surface area contributed by atoms with Crippen LogP contribution in [0.5, 0.6) is 0 Å². The van der Waals surface area contributed by atoms with E-state index < -0.39 is 0 Å². The van der Waals surface area contributed by atoms with Crippen LogP contribution in [0.4, 0.5) is 0 Å². The van der Waals surface area contributed by atoms with Crippen LogP contribution in [0.1, 0.15) is 27.2 Å². The summed E-state index contributed by atoms with van der Waals surface area (Å²) in [6, 6.07) is 0. The van der Waals surface area contributed by atoms with Gasteiger partial charge in [-0.15, -0.1) is 12.4 Å². The van der Waals surface area contributed by atoms with E-state index in [1.165, 1.54) is 0 Å². The number of nitrogens with one attached hydrogen (secondary N) is 1. The summed E-state index contributed by atoms with van der Waals surface area (Å²) in [6.07, 6.45) is 0.867. The molecular formula is C7H19ClN2O. The zero-order chi connectivity index (χ0) is 8.20. The molecule has 0 saturated carbocycles. The van der Waals surface area contributed by atoms with Gasteiger partial charge in [-0.25, -0.2) is 0 Å². The van der Waals surface area contributed by atoms with Crippen molar-refractivity contribution in [3.63, 3.8) is 0 Å². The fraction of sp³-hybridized carbons (Fsp3) is 1.00. The van der Waals surface area contributed by atoms with Crippen molar-refractivity contribution in [1.29, 1.82) is 0 Å². The number of halogens is 1. The van der Waals surface area contributed by atoms with Crippen LogP contribution in [0.2, 0.25) is 0 Å². The van der Waals surface area contributed by atoms with Gasteiger partial charge in [0.15, 0.2) is 0 Å². The van der Waals surface area contributed by atoms with Gasteiger partial charge in [-0.2, -0.15) is 0 Å². The van der Waals surface area contributed by atoms with E-state index in [1.54, 1.807) is 0 Å². The maximum Gasteiger partial charge on any atom is 0.0608 e. The zero-order valence-corrected chi connectivity index (χ0v) is 8.24. The minimum atomic E-state index is -0.255. The summed E-state index contributed by atoms with van der Waals surface area (Å²) in [5.74, 6) is 0. The highest BCUT2D eigenvalue weighted by atomic mass is 35.5. The third-order valence-corrected chi connectivity index (χ3v) is 1.41. The topological polar surface area (TPSA) is 58.3 Å². The molecule has 0 radical (unpaired) electrons. The van der Waals surface area contributed by atoms with Gasteiger partial charge >= 0.3 is 0 Å². The molecule has 0 saturated heterocycles. The largest absolute Gasteiger partial charge is 0.394 e. The van der Waals surface area contributed by atoms with E-state index in [-0.39, 0.29) is 30.7 Å². The van der Waals surface area contributed by atoms with E-state index in [2.05, 4.69) is 5.32 Å². The van der Waals surface area contributed by atoms with Crippen LogP contribution in [0.3, 0.4) is 0 Å². The molecular weight excluding hydrogens is 164 g/mol. The molecule has 70 valence electrons. The summed E-state index contributed by atoms with van der Waals surface area (Å²) in [5, 5.41) is 11.9. The minimum absolute atomic E-state index is 0. The van der Waals surface area contributed by atoms with Crippen molar-refractivity contribution in [1.82, 2.24) is 5.32 Å². The molecule has 0 aliphatic rings. The molecule has 0 aromatic heterocycles. The van der Waals surface area contributed by atoms with Gasteiger partial charge in [-0.05, 0) is 20.3 Å². The highest BCUT2D eigenvalue weighted by Gasteiger charge is 2.17. The molecule has 0 aliphatic carbocycles. The molecule has 4 N–H and O–H groups in total. The lowest BCUT2D eigenvalue weighted by Crippen LogP contribution is -2.51. The first kappa shape index (κ1) is 13.7. The summed E-state index contributed by atoms with van der Waals surface area (Å²) in [4.78, 5) is 0. The minimum Gasteiger partial charge on any atom is -0.394 e. The lowest BCUT2D eigenvalue weighted by atomic mass is 10.1. The van der Waals surface area contributed by atoms with Crippen molar-refractivity contribution in [2.75, 3.05) is 6.61 Å². The molecule has 3 nitrogen and oxygen atoms in total. The van der Waals surface area contributed by atoms with Gasteiger partial charge in [-0.3, -0.25) is 5.32 Å². The molecule has 0 heterocycles. The van der Waals surface area contributed by atoms with Crippen LogP contribution >= 0.6 is 12.4 Å². The summed E-state index contributed by atoms with van der Waals surface area (Å²) < 4.78 is 0. The number of hydrogen-bond donors (Lipinski definition) is 3. The molecule has 4 heteroatoms. The van der Waals surface area contributed by atoms with Crippen molar-refractivity contribution in [3.05, 3.63) is 0 Å². The fourth-order valence-corrected chi connectivity index (χ4v) is 0.650. The predicted octanol–water partition coefficient (Wildman–Crippen LogP) is 0.463. The highest BCUT2D eigenvalue weighted by molar-refractivity contribution is 5.85. The fourth-order valence-electron chi connectivity index (χ4n) is 0.650. The van der Waals surface area contributed by atoms with Crippen LogP contribution in [0, 0.1) is 0 Å². The summed E-state index contributed by atoms with van der Waals surface area (Å²) in [7, 11) is 0. The first-order valence-electron chi connectivity index (χ1n) is 3.66. The van der Waals surface area contributed by atoms with Crippen molar-refractivity contribution in [3.8, 4) is 0 Å². The third kappa shape index (κ3) is 6.56. The molecule has 11 heavy (non-hydrogen) atoms. The van der Waals surface area contributed by atoms with E-state index in [0.717, 1.165) is 6.42 Å². The average molecular weight is 183 g/mol. The molecule has 1 atom stereocenters. The van der Waals surface area contributed by atoms with Crippen molar-refractivity contribution < 1.29 is 5.11 Å². The van der Waals surface area contributed by atoms with Crippen LogP contribution in [-0.2, 0) is 0 Å².